The van der Waals surface area contributed by atoms with Gasteiger partial charge in [-0.05, 0) is 32.9 Å². The van der Waals surface area contributed by atoms with Gasteiger partial charge in [0.25, 0.3) is 0 Å². The van der Waals surface area contributed by atoms with Crippen LogP contribution in [0.25, 0.3) is 22.6 Å². The van der Waals surface area contributed by atoms with Crippen molar-refractivity contribution >= 4 is 11.0 Å². The summed E-state index contributed by atoms with van der Waals surface area (Å²) in [6.07, 6.45) is 3.68. The zero-order valence-corrected chi connectivity index (χ0v) is 12.6. The molecular formula is C17H19N3O. The fraction of sp³-hybridized carbons (Fsp3) is 0.294. The van der Waals surface area contributed by atoms with Crippen molar-refractivity contribution in [1.29, 1.82) is 0 Å². The molecule has 0 spiro atoms. The third kappa shape index (κ3) is 3.28. The summed E-state index contributed by atoms with van der Waals surface area (Å²) in [4.78, 5) is 8.80. The molecule has 2 aromatic heterocycles. The number of nitrogens with zero attached hydrogens (tertiary/aromatic N) is 2. The lowest BCUT2D eigenvalue weighted by Gasteiger charge is -2.20. The summed E-state index contributed by atoms with van der Waals surface area (Å²) in [5, 5.41) is 4.48. The maximum absolute atomic E-state index is 5.77. The molecule has 1 aromatic carbocycles. The van der Waals surface area contributed by atoms with Crippen LogP contribution in [0.1, 0.15) is 26.3 Å². The van der Waals surface area contributed by atoms with Crippen LogP contribution in [0.4, 0.5) is 0 Å². The molecule has 0 atom stereocenters. The Hall–Kier alpha value is -2.20. The normalized spacial score (nSPS) is 12.0. The molecule has 0 saturated carbocycles. The molecule has 3 rings (SSSR count). The Morgan fingerprint density at radius 1 is 1.10 bits per heavy atom. The zero-order valence-electron chi connectivity index (χ0n) is 12.6. The predicted molar refractivity (Wildman–Crippen MR) is 83.8 cm³/mol. The van der Waals surface area contributed by atoms with Crippen molar-refractivity contribution in [2.24, 2.45) is 0 Å². The molecule has 0 aliphatic carbocycles. The third-order valence-electron chi connectivity index (χ3n) is 3.17. The van der Waals surface area contributed by atoms with E-state index in [4.69, 9.17) is 4.42 Å². The van der Waals surface area contributed by atoms with Gasteiger partial charge >= 0.3 is 0 Å². The highest BCUT2D eigenvalue weighted by atomic mass is 16.3. The lowest BCUT2D eigenvalue weighted by Crippen LogP contribution is -2.35. The number of furan rings is 1. The second-order valence-corrected chi connectivity index (χ2v) is 6.17. The van der Waals surface area contributed by atoms with Crippen LogP contribution in [0.3, 0.4) is 0 Å². The van der Waals surface area contributed by atoms with Gasteiger partial charge in [-0.1, -0.05) is 18.2 Å². The molecule has 108 valence electrons. The first-order chi connectivity index (χ1) is 10.0. The van der Waals surface area contributed by atoms with E-state index in [0.29, 0.717) is 11.6 Å². The molecule has 4 nitrogen and oxygen atoms in total. The average molecular weight is 281 g/mol. The van der Waals surface area contributed by atoms with E-state index in [-0.39, 0.29) is 5.54 Å². The molecule has 0 bridgehead atoms. The van der Waals surface area contributed by atoms with E-state index in [1.807, 2.05) is 42.7 Å². The lowest BCUT2D eigenvalue weighted by atomic mass is 10.1. The largest absolute Gasteiger partial charge is 0.453 e. The van der Waals surface area contributed by atoms with Crippen LogP contribution in [-0.4, -0.2) is 15.5 Å². The highest BCUT2D eigenvalue weighted by Crippen LogP contribution is 2.24. The van der Waals surface area contributed by atoms with Crippen molar-refractivity contribution < 1.29 is 4.42 Å². The first-order valence-electron chi connectivity index (χ1n) is 7.06. The first kappa shape index (κ1) is 13.8. The molecule has 0 aliphatic heterocycles. The van der Waals surface area contributed by atoms with Crippen molar-refractivity contribution in [2.75, 3.05) is 0 Å². The minimum absolute atomic E-state index is 0.0808. The number of nitrogens with one attached hydrogen (secondary N) is 1. The van der Waals surface area contributed by atoms with Crippen molar-refractivity contribution in [3.05, 3.63) is 48.3 Å². The van der Waals surface area contributed by atoms with Crippen LogP contribution in [0.5, 0.6) is 0 Å². The van der Waals surface area contributed by atoms with Gasteiger partial charge in [-0.25, -0.2) is 9.97 Å². The van der Waals surface area contributed by atoms with Gasteiger partial charge in [0.15, 0.2) is 11.6 Å². The zero-order chi connectivity index (χ0) is 14.9. The van der Waals surface area contributed by atoms with Gasteiger partial charge < -0.3 is 9.73 Å². The molecule has 2 heterocycles. The van der Waals surface area contributed by atoms with E-state index in [9.17, 15) is 0 Å². The van der Waals surface area contributed by atoms with E-state index in [1.165, 1.54) is 0 Å². The summed E-state index contributed by atoms with van der Waals surface area (Å²) in [6.45, 7) is 7.16. The summed E-state index contributed by atoms with van der Waals surface area (Å²) in [7, 11) is 0. The molecule has 1 N–H and O–H groups in total. The van der Waals surface area contributed by atoms with E-state index in [2.05, 4.69) is 36.1 Å². The van der Waals surface area contributed by atoms with Gasteiger partial charge in [0.1, 0.15) is 5.58 Å². The van der Waals surface area contributed by atoms with Gasteiger partial charge in [-0.15, -0.1) is 0 Å². The molecule has 0 aliphatic rings. The first-order valence-corrected chi connectivity index (χ1v) is 7.06. The Labute approximate surface area is 124 Å². The van der Waals surface area contributed by atoms with E-state index in [0.717, 1.165) is 23.1 Å². The number of aromatic nitrogens is 2. The highest BCUT2D eigenvalue weighted by molar-refractivity contribution is 5.81. The number of para-hydroxylation sites is 1. The van der Waals surface area contributed by atoms with E-state index in [1.54, 1.807) is 0 Å². The Balaban J connectivity index is 1.80. The van der Waals surface area contributed by atoms with Crippen LogP contribution < -0.4 is 5.32 Å². The number of rotatable bonds is 3. The van der Waals surface area contributed by atoms with Crippen LogP contribution >= 0.6 is 0 Å². The SMILES string of the molecule is CC(C)(C)NCc1cnc(-c2cc3ccccc3o2)nc1. The predicted octanol–water partition coefficient (Wildman–Crippen LogP) is 3.78. The Bertz CT molecular complexity index is 706. The molecule has 0 unspecified atom stereocenters. The third-order valence-corrected chi connectivity index (χ3v) is 3.17. The van der Waals surface area contributed by atoms with Crippen LogP contribution in [0.2, 0.25) is 0 Å². The van der Waals surface area contributed by atoms with Gasteiger partial charge in [0, 0.05) is 35.4 Å². The molecule has 21 heavy (non-hydrogen) atoms. The van der Waals surface area contributed by atoms with Crippen molar-refractivity contribution in [3.8, 4) is 11.6 Å². The molecule has 0 saturated heterocycles. The second kappa shape index (κ2) is 5.30. The molecule has 4 heteroatoms. The lowest BCUT2D eigenvalue weighted by molar-refractivity contribution is 0.423. The Kier molecular flexibility index (Phi) is 3.47. The molecule has 0 amide bonds. The topological polar surface area (TPSA) is 51.0 Å². The number of fused-ring (bicyclic) bond motifs is 1. The Morgan fingerprint density at radius 3 is 2.48 bits per heavy atom. The molecule has 3 aromatic rings. The molecular weight excluding hydrogens is 262 g/mol. The maximum Gasteiger partial charge on any atom is 0.195 e. The van der Waals surface area contributed by atoms with Gasteiger partial charge in [0.2, 0.25) is 0 Å². The maximum atomic E-state index is 5.77. The minimum atomic E-state index is 0.0808. The van der Waals surface area contributed by atoms with Crippen LogP contribution in [0, 0.1) is 0 Å². The molecule has 0 radical (unpaired) electrons. The summed E-state index contributed by atoms with van der Waals surface area (Å²) >= 11 is 0. The fourth-order valence-electron chi connectivity index (χ4n) is 2.03. The van der Waals surface area contributed by atoms with Gasteiger partial charge in [-0.3, -0.25) is 0 Å². The van der Waals surface area contributed by atoms with Crippen molar-refractivity contribution in [2.45, 2.75) is 32.9 Å². The van der Waals surface area contributed by atoms with Crippen LogP contribution in [0.15, 0.2) is 47.1 Å². The summed E-state index contributed by atoms with van der Waals surface area (Å²) in [5.74, 6) is 1.32. The van der Waals surface area contributed by atoms with Gasteiger partial charge in [-0.2, -0.15) is 0 Å². The number of hydrogen-bond acceptors (Lipinski definition) is 4. The highest BCUT2D eigenvalue weighted by Gasteiger charge is 2.10. The standard InChI is InChI=1S/C17H19N3O/c1-17(2,3)20-11-12-9-18-16(19-10-12)15-8-13-6-4-5-7-14(13)21-15/h4-10,20H,11H2,1-3H3. The van der Waals surface area contributed by atoms with Crippen molar-refractivity contribution in [3.63, 3.8) is 0 Å². The van der Waals surface area contributed by atoms with Crippen LogP contribution in [-0.2, 0) is 6.54 Å². The molecule has 0 fully saturated rings. The van der Waals surface area contributed by atoms with E-state index < -0.39 is 0 Å². The summed E-state index contributed by atoms with van der Waals surface area (Å²) < 4.78 is 5.77. The second-order valence-electron chi connectivity index (χ2n) is 6.17. The average Bonchev–Trinajstić information content (AvgIpc) is 2.89. The van der Waals surface area contributed by atoms with E-state index >= 15 is 0 Å². The number of benzene rings is 1. The monoisotopic (exact) mass is 281 g/mol. The summed E-state index contributed by atoms with van der Waals surface area (Å²) in [5.41, 5.74) is 2.00. The Morgan fingerprint density at radius 2 is 1.81 bits per heavy atom. The summed E-state index contributed by atoms with van der Waals surface area (Å²) in [6, 6.07) is 9.88. The smallest absolute Gasteiger partial charge is 0.195 e. The van der Waals surface area contributed by atoms with Gasteiger partial charge in [0.05, 0.1) is 0 Å². The fourth-order valence-corrected chi connectivity index (χ4v) is 2.03. The number of hydrogen-bond donors (Lipinski definition) is 1. The quantitative estimate of drug-likeness (QED) is 0.793. The minimum Gasteiger partial charge on any atom is -0.453 e. The van der Waals surface area contributed by atoms with Crippen molar-refractivity contribution in [1.82, 2.24) is 15.3 Å².